The van der Waals surface area contributed by atoms with Gasteiger partial charge < -0.3 is 14.6 Å². The van der Waals surface area contributed by atoms with E-state index in [4.69, 9.17) is 9.47 Å². The number of hydrogen-bond acceptors (Lipinski definition) is 4. The van der Waals surface area contributed by atoms with Gasteiger partial charge in [-0.3, -0.25) is 4.90 Å². The van der Waals surface area contributed by atoms with Crippen LogP contribution in [0.4, 0.5) is 4.39 Å². The van der Waals surface area contributed by atoms with Gasteiger partial charge in [0.2, 0.25) is 0 Å². The molecular formula is C25H28FNO3. The third kappa shape index (κ3) is 6.05. The van der Waals surface area contributed by atoms with Gasteiger partial charge in [-0.25, -0.2) is 4.39 Å². The number of para-hydroxylation sites is 1. The maximum absolute atomic E-state index is 13.3. The molecule has 0 heterocycles. The average molecular weight is 410 g/mol. The van der Waals surface area contributed by atoms with Crippen LogP contribution in [0.25, 0.3) is 0 Å². The molecule has 0 aliphatic rings. The number of ether oxygens (including phenoxy) is 2. The zero-order valence-corrected chi connectivity index (χ0v) is 17.4. The number of aliphatic hydroxyl groups is 1. The first-order valence-electron chi connectivity index (χ1n) is 9.97. The van der Waals surface area contributed by atoms with Crippen LogP contribution in [0.15, 0.2) is 72.8 Å². The molecule has 0 amide bonds. The molecule has 1 N–H and O–H groups in total. The van der Waals surface area contributed by atoms with Crippen LogP contribution in [-0.4, -0.2) is 36.9 Å². The maximum Gasteiger partial charge on any atom is 0.165 e. The molecule has 1 atom stereocenters. The second kappa shape index (κ2) is 10.8. The van der Waals surface area contributed by atoms with E-state index in [0.717, 1.165) is 16.7 Å². The van der Waals surface area contributed by atoms with Gasteiger partial charge in [0.05, 0.1) is 20.3 Å². The van der Waals surface area contributed by atoms with Gasteiger partial charge in [0.25, 0.3) is 0 Å². The Kier molecular flexibility index (Phi) is 7.82. The Labute approximate surface area is 177 Å². The molecule has 0 unspecified atom stereocenters. The van der Waals surface area contributed by atoms with Gasteiger partial charge in [0.15, 0.2) is 11.5 Å². The lowest BCUT2D eigenvalue weighted by atomic mass is 10.1. The minimum atomic E-state index is -0.538. The molecular weight excluding hydrogens is 381 g/mol. The Hall–Kier alpha value is -2.89. The summed E-state index contributed by atoms with van der Waals surface area (Å²) in [5.74, 6) is 1.09. The first kappa shape index (κ1) is 21.8. The number of benzene rings is 3. The lowest BCUT2D eigenvalue weighted by molar-refractivity contribution is 0.104. The predicted molar refractivity (Wildman–Crippen MR) is 116 cm³/mol. The summed E-state index contributed by atoms with van der Waals surface area (Å²) in [7, 11) is 3.23. The maximum atomic E-state index is 13.3. The van der Waals surface area contributed by atoms with Crippen LogP contribution in [0.5, 0.6) is 11.5 Å². The molecule has 0 radical (unpaired) electrons. The van der Waals surface area contributed by atoms with Gasteiger partial charge in [-0.15, -0.1) is 0 Å². The Balaban J connectivity index is 1.79. The summed E-state index contributed by atoms with van der Waals surface area (Å²) in [6, 6.07) is 22.2. The molecule has 5 heteroatoms. The van der Waals surface area contributed by atoms with Crippen LogP contribution in [0.3, 0.4) is 0 Å². The Morgan fingerprint density at radius 1 is 0.833 bits per heavy atom. The fourth-order valence-corrected chi connectivity index (χ4v) is 3.60. The van der Waals surface area contributed by atoms with Crippen molar-refractivity contribution in [3.8, 4) is 11.5 Å². The highest BCUT2D eigenvalue weighted by atomic mass is 19.1. The van der Waals surface area contributed by atoms with Gasteiger partial charge >= 0.3 is 0 Å². The molecule has 0 bridgehead atoms. The highest BCUT2D eigenvalue weighted by Gasteiger charge is 2.17. The van der Waals surface area contributed by atoms with E-state index in [1.807, 2.05) is 48.5 Å². The standard InChI is InChI=1S/C25H28FNO3/c1-29-24-10-6-9-21(25(24)30-2)17-27(16-20-11-13-22(26)14-12-20)18-23(28)15-19-7-4-3-5-8-19/h3-14,23,28H,15-18H2,1-2H3/t23-/m1/s1. The number of methoxy groups -OCH3 is 2. The van der Waals surface area contributed by atoms with E-state index < -0.39 is 6.10 Å². The number of halogens is 1. The fourth-order valence-electron chi connectivity index (χ4n) is 3.60. The molecule has 0 fully saturated rings. The van der Waals surface area contributed by atoms with Crippen LogP contribution in [0.2, 0.25) is 0 Å². The largest absolute Gasteiger partial charge is 0.493 e. The molecule has 0 saturated carbocycles. The SMILES string of the molecule is COc1cccc(CN(Cc2ccc(F)cc2)C[C@H](O)Cc2ccccc2)c1OC. The van der Waals surface area contributed by atoms with Gasteiger partial charge in [-0.05, 0) is 35.7 Å². The molecule has 3 aromatic rings. The Bertz CT molecular complexity index is 915. The first-order chi connectivity index (χ1) is 14.6. The molecule has 0 aliphatic carbocycles. The summed E-state index contributed by atoms with van der Waals surface area (Å²) in [4.78, 5) is 2.14. The van der Waals surface area contributed by atoms with Crippen LogP contribution >= 0.6 is 0 Å². The molecule has 0 aliphatic heterocycles. The monoisotopic (exact) mass is 409 g/mol. The van der Waals surface area contributed by atoms with Gasteiger partial charge in [-0.2, -0.15) is 0 Å². The van der Waals surface area contributed by atoms with Crippen molar-refractivity contribution in [3.63, 3.8) is 0 Å². The van der Waals surface area contributed by atoms with Crippen LogP contribution in [0, 0.1) is 5.82 Å². The Morgan fingerprint density at radius 3 is 2.23 bits per heavy atom. The van der Waals surface area contributed by atoms with Crippen molar-refractivity contribution >= 4 is 0 Å². The van der Waals surface area contributed by atoms with E-state index in [9.17, 15) is 9.50 Å². The van der Waals surface area contributed by atoms with Gasteiger partial charge in [-0.1, -0.05) is 54.6 Å². The average Bonchev–Trinajstić information content (AvgIpc) is 2.75. The summed E-state index contributed by atoms with van der Waals surface area (Å²) < 4.78 is 24.3. The second-order valence-corrected chi connectivity index (χ2v) is 7.29. The molecule has 158 valence electrons. The number of hydrogen-bond donors (Lipinski definition) is 1. The summed E-state index contributed by atoms with van der Waals surface area (Å²) >= 11 is 0. The molecule has 30 heavy (non-hydrogen) atoms. The summed E-state index contributed by atoms with van der Waals surface area (Å²) in [6.07, 6.45) is 0.0279. The van der Waals surface area contributed by atoms with E-state index in [1.165, 1.54) is 12.1 Å². The predicted octanol–water partition coefficient (Wildman–Crippen LogP) is 4.45. The number of aliphatic hydroxyl groups excluding tert-OH is 1. The van der Waals surface area contributed by atoms with E-state index in [0.29, 0.717) is 37.6 Å². The van der Waals surface area contributed by atoms with Crippen LogP contribution < -0.4 is 9.47 Å². The summed E-state index contributed by atoms with van der Waals surface area (Å²) in [6.45, 7) is 1.60. The molecule has 3 rings (SSSR count). The quantitative estimate of drug-likeness (QED) is 0.537. The van der Waals surface area contributed by atoms with E-state index in [1.54, 1.807) is 26.4 Å². The topological polar surface area (TPSA) is 41.9 Å². The van der Waals surface area contributed by atoms with Crippen LogP contribution in [0.1, 0.15) is 16.7 Å². The molecule has 0 spiro atoms. The second-order valence-electron chi connectivity index (χ2n) is 7.29. The van der Waals surface area contributed by atoms with Crippen molar-refractivity contribution in [2.75, 3.05) is 20.8 Å². The fraction of sp³-hybridized carbons (Fsp3) is 0.280. The van der Waals surface area contributed by atoms with Crippen LogP contribution in [-0.2, 0) is 19.5 Å². The normalized spacial score (nSPS) is 12.0. The lowest BCUT2D eigenvalue weighted by Gasteiger charge is -2.26. The van der Waals surface area contributed by atoms with E-state index in [2.05, 4.69) is 4.90 Å². The highest BCUT2D eigenvalue weighted by Crippen LogP contribution is 2.31. The third-order valence-electron chi connectivity index (χ3n) is 4.98. The molecule has 0 aromatic heterocycles. The smallest absolute Gasteiger partial charge is 0.165 e. The highest BCUT2D eigenvalue weighted by molar-refractivity contribution is 5.46. The Morgan fingerprint density at radius 2 is 1.57 bits per heavy atom. The van der Waals surface area contributed by atoms with Crippen molar-refractivity contribution in [2.24, 2.45) is 0 Å². The zero-order valence-electron chi connectivity index (χ0n) is 17.4. The van der Waals surface area contributed by atoms with Crippen molar-refractivity contribution in [1.29, 1.82) is 0 Å². The molecule has 4 nitrogen and oxygen atoms in total. The van der Waals surface area contributed by atoms with E-state index in [-0.39, 0.29) is 5.82 Å². The van der Waals surface area contributed by atoms with Crippen molar-refractivity contribution in [3.05, 3.63) is 95.3 Å². The van der Waals surface area contributed by atoms with E-state index >= 15 is 0 Å². The minimum absolute atomic E-state index is 0.260. The van der Waals surface area contributed by atoms with Crippen molar-refractivity contribution in [2.45, 2.75) is 25.6 Å². The zero-order chi connectivity index (χ0) is 21.3. The number of nitrogens with zero attached hydrogens (tertiary/aromatic N) is 1. The summed E-state index contributed by atoms with van der Waals surface area (Å²) in [5, 5.41) is 10.7. The number of rotatable bonds is 10. The summed E-state index contributed by atoms with van der Waals surface area (Å²) in [5.41, 5.74) is 3.03. The molecule has 3 aromatic carbocycles. The van der Waals surface area contributed by atoms with Crippen molar-refractivity contribution < 1.29 is 19.0 Å². The molecule has 0 saturated heterocycles. The van der Waals surface area contributed by atoms with Crippen molar-refractivity contribution in [1.82, 2.24) is 4.90 Å². The minimum Gasteiger partial charge on any atom is -0.493 e. The first-order valence-corrected chi connectivity index (χ1v) is 9.97. The van der Waals surface area contributed by atoms with Gasteiger partial charge in [0, 0.05) is 25.2 Å². The third-order valence-corrected chi connectivity index (χ3v) is 4.98. The van der Waals surface area contributed by atoms with Gasteiger partial charge in [0.1, 0.15) is 5.82 Å². The lowest BCUT2D eigenvalue weighted by Crippen LogP contribution is -2.33.